The summed E-state index contributed by atoms with van der Waals surface area (Å²) in [5.41, 5.74) is 0. The van der Waals surface area contributed by atoms with Gasteiger partial charge in [-0.15, -0.1) is 0 Å². The first kappa shape index (κ1) is 16.2. The van der Waals surface area contributed by atoms with Crippen molar-refractivity contribution in [1.29, 1.82) is 0 Å². The van der Waals surface area contributed by atoms with Gasteiger partial charge in [0.25, 0.3) is 0 Å². The Labute approximate surface area is 117 Å². The number of nitrogens with one attached hydrogen (secondary N) is 2. The highest BCUT2D eigenvalue weighted by molar-refractivity contribution is 5.86. The zero-order valence-corrected chi connectivity index (χ0v) is 11.3. The molecule has 2 amide bonds. The van der Waals surface area contributed by atoms with Crippen LogP contribution in [0, 0.1) is 0 Å². The van der Waals surface area contributed by atoms with Crippen LogP contribution in [0.2, 0.25) is 0 Å². The number of carboxylic acids is 2. The predicted octanol–water partition coefficient (Wildman–Crippen LogP) is -0.301. The number of piperidine rings is 1. The number of carboxylic acid groups (broad SMARTS) is 2. The van der Waals surface area contributed by atoms with Crippen molar-refractivity contribution in [3.63, 3.8) is 0 Å². The first-order chi connectivity index (χ1) is 9.49. The molecule has 20 heavy (non-hydrogen) atoms. The van der Waals surface area contributed by atoms with E-state index in [2.05, 4.69) is 15.5 Å². The molecule has 0 spiro atoms. The monoisotopic (exact) mass is 287 g/mol. The number of amides is 2. The van der Waals surface area contributed by atoms with Gasteiger partial charge < -0.3 is 25.7 Å². The molecule has 8 nitrogen and oxygen atoms in total. The molecule has 1 heterocycles. The van der Waals surface area contributed by atoms with E-state index in [0.29, 0.717) is 13.1 Å². The number of carbonyl (C=O) groups excluding carboxylic acids is 1. The van der Waals surface area contributed by atoms with Gasteiger partial charge in [-0.05, 0) is 25.9 Å². The van der Waals surface area contributed by atoms with E-state index >= 15 is 0 Å². The van der Waals surface area contributed by atoms with Crippen molar-refractivity contribution in [3.05, 3.63) is 0 Å². The lowest BCUT2D eigenvalue weighted by molar-refractivity contribution is -0.145. The SMILES string of the molecule is O=C(O)C[C@H](NC(=O)NCCN1CCCCC1)C(=O)O. The number of aliphatic carboxylic acids is 2. The van der Waals surface area contributed by atoms with Crippen molar-refractivity contribution >= 4 is 18.0 Å². The minimum atomic E-state index is -1.41. The lowest BCUT2D eigenvalue weighted by Gasteiger charge is -2.26. The van der Waals surface area contributed by atoms with Crippen molar-refractivity contribution in [2.45, 2.75) is 31.7 Å². The van der Waals surface area contributed by atoms with Crippen LogP contribution in [0.5, 0.6) is 0 Å². The summed E-state index contributed by atoms with van der Waals surface area (Å²) in [6.45, 7) is 3.15. The van der Waals surface area contributed by atoms with E-state index < -0.39 is 30.4 Å². The van der Waals surface area contributed by atoms with Gasteiger partial charge in [-0.2, -0.15) is 0 Å². The van der Waals surface area contributed by atoms with Crippen LogP contribution >= 0.6 is 0 Å². The Kier molecular flexibility index (Phi) is 6.78. The van der Waals surface area contributed by atoms with Crippen LogP contribution in [0.4, 0.5) is 4.79 Å². The minimum Gasteiger partial charge on any atom is -0.481 e. The maximum Gasteiger partial charge on any atom is 0.326 e. The van der Waals surface area contributed by atoms with E-state index in [1.807, 2.05) is 0 Å². The number of urea groups is 1. The predicted molar refractivity (Wildman–Crippen MR) is 70.5 cm³/mol. The normalized spacial score (nSPS) is 17.2. The molecule has 4 N–H and O–H groups in total. The van der Waals surface area contributed by atoms with Gasteiger partial charge in [0.15, 0.2) is 0 Å². The molecule has 0 bridgehead atoms. The lowest BCUT2D eigenvalue weighted by Crippen LogP contribution is -2.48. The molecule has 0 saturated carbocycles. The first-order valence-corrected chi connectivity index (χ1v) is 6.70. The van der Waals surface area contributed by atoms with Gasteiger partial charge in [-0.3, -0.25) is 4.79 Å². The second-order valence-corrected chi connectivity index (χ2v) is 4.79. The van der Waals surface area contributed by atoms with E-state index in [1.54, 1.807) is 0 Å². The molecule has 0 radical (unpaired) electrons. The molecule has 1 aliphatic rings. The van der Waals surface area contributed by atoms with E-state index in [-0.39, 0.29) is 0 Å². The Bertz CT molecular complexity index is 355. The van der Waals surface area contributed by atoms with Gasteiger partial charge in [-0.25, -0.2) is 9.59 Å². The average molecular weight is 287 g/mol. The Balaban J connectivity index is 2.23. The second-order valence-electron chi connectivity index (χ2n) is 4.79. The molecule has 0 aromatic rings. The molecule has 0 aromatic carbocycles. The molecule has 1 aliphatic heterocycles. The van der Waals surface area contributed by atoms with Crippen molar-refractivity contribution in [2.24, 2.45) is 0 Å². The maximum absolute atomic E-state index is 11.5. The molecule has 114 valence electrons. The van der Waals surface area contributed by atoms with Crippen LogP contribution in [0.15, 0.2) is 0 Å². The van der Waals surface area contributed by atoms with Crippen LogP contribution in [0.1, 0.15) is 25.7 Å². The van der Waals surface area contributed by atoms with E-state index in [1.165, 1.54) is 6.42 Å². The highest BCUT2D eigenvalue weighted by atomic mass is 16.4. The number of hydrogen-bond donors (Lipinski definition) is 4. The average Bonchev–Trinajstić information content (AvgIpc) is 2.38. The van der Waals surface area contributed by atoms with E-state index in [9.17, 15) is 14.4 Å². The van der Waals surface area contributed by atoms with Gasteiger partial charge in [0, 0.05) is 13.1 Å². The van der Waals surface area contributed by atoms with E-state index in [4.69, 9.17) is 10.2 Å². The van der Waals surface area contributed by atoms with Crippen LogP contribution in [0.25, 0.3) is 0 Å². The minimum absolute atomic E-state index is 0.408. The van der Waals surface area contributed by atoms with Crippen molar-refractivity contribution < 1.29 is 24.6 Å². The molecule has 1 saturated heterocycles. The molecule has 1 rings (SSSR count). The summed E-state index contributed by atoms with van der Waals surface area (Å²) in [6, 6.07) is -2.07. The largest absolute Gasteiger partial charge is 0.481 e. The molecule has 8 heteroatoms. The van der Waals surface area contributed by atoms with Crippen molar-refractivity contribution in [1.82, 2.24) is 15.5 Å². The third-order valence-corrected chi connectivity index (χ3v) is 3.14. The maximum atomic E-state index is 11.5. The number of likely N-dealkylation sites (tertiary alicyclic amines) is 1. The summed E-state index contributed by atoms with van der Waals surface area (Å²) < 4.78 is 0. The van der Waals surface area contributed by atoms with Gasteiger partial charge >= 0.3 is 18.0 Å². The summed E-state index contributed by atoms with van der Waals surface area (Å²) >= 11 is 0. The van der Waals surface area contributed by atoms with E-state index in [0.717, 1.165) is 25.9 Å². The summed E-state index contributed by atoms with van der Waals surface area (Å²) in [7, 11) is 0. The summed E-state index contributed by atoms with van der Waals surface area (Å²) in [5, 5.41) is 22.0. The fourth-order valence-electron chi connectivity index (χ4n) is 2.09. The van der Waals surface area contributed by atoms with Crippen LogP contribution in [0.3, 0.4) is 0 Å². The first-order valence-electron chi connectivity index (χ1n) is 6.70. The molecular weight excluding hydrogens is 266 g/mol. The highest BCUT2D eigenvalue weighted by Crippen LogP contribution is 2.07. The smallest absolute Gasteiger partial charge is 0.326 e. The Morgan fingerprint density at radius 3 is 2.30 bits per heavy atom. The number of rotatable bonds is 7. The molecular formula is C12H21N3O5. The van der Waals surface area contributed by atoms with Crippen LogP contribution < -0.4 is 10.6 Å². The fourth-order valence-corrected chi connectivity index (χ4v) is 2.09. The summed E-state index contributed by atoms with van der Waals surface area (Å²) in [4.78, 5) is 35.0. The van der Waals surface area contributed by atoms with Crippen molar-refractivity contribution in [3.8, 4) is 0 Å². The molecule has 0 aliphatic carbocycles. The number of nitrogens with zero attached hydrogens (tertiary/aromatic N) is 1. The zero-order chi connectivity index (χ0) is 15.0. The van der Waals surface area contributed by atoms with Crippen LogP contribution in [-0.4, -0.2) is 65.3 Å². The zero-order valence-electron chi connectivity index (χ0n) is 11.3. The summed E-state index contributed by atoms with van der Waals surface area (Å²) in [5.74, 6) is -2.63. The third kappa shape index (κ3) is 6.37. The van der Waals surface area contributed by atoms with Crippen molar-refractivity contribution in [2.75, 3.05) is 26.2 Å². The third-order valence-electron chi connectivity index (χ3n) is 3.14. The summed E-state index contributed by atoms with van der Waals surface area (Å²) in [6.07, 6.45) is 2.91. The van der Waals surface area contributed by atoms with Crippen LogP contribution in [-0.2, 0) is 9.59 Å². The Hall–Kier alpha value is -1.83. The molecule has 1 atom stereocenters. The Morgan fingerprint density at radius 2 is 1.75 bits per heavy atom. The van der Waals surface area contributed by atoms with Gasteiger partial charge in [0.1, 0.15) is 6.04 Å². The van der Waals surface area contributed by atoms with Gasteiger partial charge in [0.2, 0.25) is 0 Å². The second kappa shape index (κ2) is 8.36. The highest BCUT2D eigenvalue weighted by Gasteiger charge is 2.22. The number of carbonyl (C=O) groups is 3. The quantitative estimate of drug-likeness (QED) is 0.510. The number of hydrogen-bond acceptors (Lipinski definition) is 4. The molecule has 1 fully saturated rings. The topological polar surface area (TPSA) is 119 Å². The molecule has 0 unspecified atom stereocenters. The lowest BCUT2D eigenvalue weighted by atomic mass is 10.1. The standard InChI is InChI=1S/C12H21N3O5/c16-10(17)8-9(11(18)19)14-12(20)13-4-7-15-5-2-1-3-6-15/h9H,1-8H2,(H,16,17)(H,18,19)(H2,13,14,20)/t9-/m0/s1. The Morgan fingerprint density at radius 1 is 1.10 bits per heavy atom. The molecule has 0 aromatic heterocycles. The van der Waals surface area contributed by atoms with Gasteiger partial charge in [-0.1, -0.05) is 6.42 Å². The van der Waals surface area contributed by atoms with Gasteiger partial charge in [0.05, 0.1) is 6.42 Å². The fraction of sp³-hybridized carbons (Fsp3) is 0.750.